The van der Waals surface area contributed by atoms with Gasteiger partial charge in [-0.15, -0.1) is 0 Å². The molecule has 34 heavy (non-hydrogen) atoms. The van der Waals surface area contributed by atoms with Crippen molar-refractivity contribution in [3.63, 3.8) is 0 Å². The van der Waals surface area contributed by atoms with Gasteiger partial charge in [0.1, 0.15) is 17.5 Å². The lowest BCUT2D eigenvalue weighted by Crippen LogP contribution is -2.31. The number of hydrogen-bond acceptors (Lipinski definition) is 5. The van der Waals surface area contributed by atoms with Crippen molar-refractivity contribution in [3.05, 3.63) is 88.1 Å². The Hall–Kier alpha value is -3.94. The predicted molar refractivity (Wildman–Crippen MR) is 131 cm³/mol. The Morgan fingerprint density at radius 1 is 1.15 bits per heavy atom. The Labute approximate surface area is 198 Å². The van der Waals surface area contributed by atoms with Crippen molar-refractivity contribution < 1.29 is 9.53 Å². The van der Waals surface area contributed by atoms with Crippen molar-refractivity contribution in [3.8, 4) is 5.75 Å². The fourth-order valence-electron chi connectivity index (χ4n) is 3.73. The van der Waals surface area contributed by atoms with Crippen LogP contribution >= 0.6 is 0 Å². The summed E-state index contributed by atoms with van der Waals surface area (Å²) in [4.78, 5) is 29.5. The first kappa shape index (κ1) is 23.2. The van der Waals surface area contributed by atoms with E-state index in [2.05, 4.69) is 29.2 Å². The summed E-state index contributed by atoms with van der Waals surface area (Å²) >= 11 is 0. The predicted octanol–water partition coefficient (Wildman–Crippen LogP) is 3.27. The second-order valence-electron chi connectivity index (χ2n) is 8.63. The van der Waals surface area contributed by atoms with Crippen LogP contribution in [0.5, 0.6) is 5.75 Å². The van der Waals surface area contributed by atoms with E-state index < -0.39 is 0 Å². The molecule has 176 valence electrons. The molecule has 0 aliphatic rings. The molecule has 0 aliphatic carbocycles. The molecule has 2 aromatic carbocycles. The molecule has 8 heteroatoms. The van der Waals surface area contributed by atoms with Crippen LogP contribution in [-0.4, -0.2) is 38.4 Å². The molecule has 0 saturated heterocycles. The number of fused-ring (bicyclic) bond motifs is 1. The van der Waals surface area contributed by atoms with Gasteiger partial charge in [-0.1, -0.05) is 55.8 Å². The Kier molecular flexibility index (Phi) is 7.06. The van der Waals surface area contributed by atoms with E-state index in [0.717, 1.165) is 11.1 Å². The Balaban J connectivity index is 1.31. The van der Waals surface area contributed by atoms with Gasteiger partial charge in [-0.2, -0.15) is 5.10 Å². The van der Waals surface area contributed by atoms with Crippen LogP contribution in [0, 0.1) is 6.92 Å². The summed E-state index contributed by atoms with van der Waals surface area (Å²) in [6, 6.07) is 15.8. The van der Waals surface area contributed by atoms with Crippen LogP contribution in [0.25, 0.3) is 11.0 Å². The molecule has 1 N–H and O–H groups in total. The number of amides is 1. The summed E-state index contributed by atoms with van der Waals surface area (Å²) in [5.74, 6) is 0.878. The standard InChI is InChI=1S/C26H29N5O3/c1-18(2)21-7-9-22(10-8-21)34-16-24(32)27-11-12-31-25-23(14-29-31)26(33)30(17-28-25)15-20-6-4-5-19(3)13-20/h4-10,13-14,17-18H,11-12,15-16H2,1-3H3,(H,27,32). The molecule has 0 aliphatic heterocycles. The molecule has 1 amide bonds. The fourth-order valence-corrected chi connectivity index (χ4v) is 3.73. The molecule has 2 aromatic heterocycles. The first-order valence-electron chi connectivity index (χ1n) is 11.4. The third-order valence-corrected chi connectivity index (χ3v) is 5.62. The number of nitrogens with one attached hydrogen (secondary N) is 1. The number of carbonyl (C=O) groups is 1. The van der Waals surface area contributed by atoms with Gasteiger partial charge in [0, 0.05) is 6.54 Å². The molecular formula is C26H29N5O3. The maximum Gasteiger partial charge on any atom is 0.264 e. The van der Waals surface area contributed by atoms with Crippen LogP contribution in [-0.2, 0) is 17.9 Å². The number of hydrogen-bond donors (Lipinski definition) is 1. The number of carbonyl (C=O) groups excluding carboxylic acids is 1. The molecule has 0 atom stereocenters. The van der Waals surface area contributed by atoms with E-state index in [4.69, 9.17) is 4.74 Å². The molecule has 4 rings (SSSR count). The van der Waals surface area contributed by atoms with Gasteiger partial charge < -0.3 is 10.1 Å². The van der Waals surface area contributed by atoms with Crippen molar-refractivity contribution in [1.29, 1.82) is 0 Å². The second-order valence-corrected chi connectivity index (χ2v) is 8.63. The van der Waals surface area contributed by atoms with Gasteiger partial charge in [0.25, 0.3) is 11.5 Å². The van der Waals surface area contributed by atoms with E-state index in [1.165, 1.54) is 11.8 Å². The van der Waals surface area contributed by atoms with Crippen molar-refractivity contribution in [2.75, 3.05) is 13.2 Å². The molecule has 4 aromatic rings. The molecule has 0 unspecified atom stereocenters. The first-order chi connectivity index (χ1) is 16.4. The highest BCUT2D eigenvalue weighted by atomic mass is 16.5. The van der Waals surface area contributed by atoms with Crippen LogP contribution in [0.2, 0.25) is 0 Å². The zero-order valence-electron chi connectivity index (χ0n) is 19.7. The number of aryl methyl sites for hydroxylation is 1. The third kappa shape index (κ3) is 5.51. The van der Waals surface area contributed by atoms with E-state index in [1.807, 2.05) is 55.5 Å². The summed E-state index contributed by atoms with van der Waals surface area (Å²) in [5, 5.41) is 7.56. The maximum absolute atomic E-state index is 12.9. The quantitative estimate of drug-likeness (QED) is 0.415. The Bertz CT molecular complexity index is 1340. The number of nitrogens with zero attached hydrogens (tertiary/aromatic N) is 4. The number of aromatic nitrogens is 4. The highest BCUT2D eigenvalue weighted by Gasteiger charge is 2.11. The van der Waals surface area contributed by atoms with Crippen molar-refractivity contribution >= 4 is 16.9 Å². The molecule has 2 heterocycles. The van der Waals surface area contributed by atoms with E-state index in [0.29, 0.717) is 42.3 Å². The Morgan fingerprint density at radius 3 is 2.68 bits per heavy atom. The smallest absolute Gasteiger partial charge is 0.264 e. The monoisotopic (exact) mass is 459 g/mol. The number of ether oxygens (including phenoxy) is 1. The fraction of sp³-hybridized carbons (Fsp3) is 0.308. The molecule has 0 fully saturated rings. The molecule has 0 radical (unpaired) electrons. The zero-order valence-corrected chi connectivity index (χ0v) is 19.7. The minimum atomic E-state index is -0.224. The van der Waals surface area contributed by atoms with Crippen LogP contribution in [0.15, 0.2) is 65.8 Å². The molecule has 0 spiro atoms. The summed E-state index contributed by atoms with van der Waals surface area (Å²) in [5.41, 5.74) is 3.76. The highest BCUT2D eigenvalue weighted by molar-refractivity contribution is 5.77. The van der Waals surface area contributed by atoms with Gasteiger partial charge in [0.2, 0.25) is 0 Å². The third-order valence-electron chi connectivity index (χ3n) is 5.62. The lowest BCUT2D eigenvalue weighted by Gasteiger charge is -2.10. The summed E-state index contributed by atoms with van der Waals surface area (Å²) in [6.07, 6.45) is 3.07. The van der Waals surface area contributed by atoms with Crippen LogP contribution in [0.1, 0.15) is 36.5 Å². The Morgan fingerprint density at radius 2 is 1.94 bits per heavy atom. The molecule has 0 saturated carbocycles. The van der Waals surface area contributed by atoms with Gasteiger partial charge in [-0.25, -0.2) is 9.67 Å². The first-order valence-corrected chi connectivity index (χ1v) is 11.4. The molecular weight excluding hydrogens is 430 g/mol. The van der Waals surface area contributed by atoms with Crippen LogP contribution < -0.4 is 15.6 Å². The SMILES string of the molecule is Cc1cccc(Cn2cnc3c(cnn3CCNC(=O)COc3ccc(C(C)C)cc3)c2=O)c1. The molecule has 8 nitrogen and oxygen atoms in total. The highest BCUT2D eigenvalue weighted by Crippen LogP contribution is 2.18. The number of rotatable bonds is 9. The van der Waals surface area contributed by atoms with Gasteiger partial charge >= 0.3 is 0 Å². The lowest BCUT2D eigenvalue weighted by atomic mass is 10.0. The van der Waals surface area contributed by atoms with Crippen molar-refractivity contribution in [2.24, 2.45) is 0 Å². The minimum absolute atomic E-state index is 0.0667. The summed E-state index contributed by atoms with van der Waals surface area (Å²) in [6.45, 7) is 7.40. The maximum atomic E-state index is 12.9. The van der Waals surface area contributed by atoms with E-state index in [9.17, 15) is 9.59 Å². The summed E-state index contributed by atoms with van der Waals surface area (Å²) < 4.78 is 8.76. The van der Waals surface area contributed by atoms with Crippen molar-refractivity contribution in [1.82, 2.24) is 24.6 Å². The zero-order chi connectivity index (χ0) is 24.1. The number of benzene rings is 2. The average molecular weight is 460 g/mol. The normalized spacial score (nSPS) is 11.2. The topological polar surface area (TPSA) is 91.0 Å². The van der Waals surface area contributed by atoms with E-state index >= 15 is 0 Å². The van der Waals surface area contributed by atoms with Gasteiger partial charge in [-0.3, -0.25) is 14.2 Å². The van der Waals surface area contributed by atoms with Gasteiger partial charge in [0.05, 0.1) is 19.3 Å². The van der Waals surface area contributed by atoms with Crippen LogP contribution in [0.4, 0.5) is 0 Å². The average Bonchev–Trinajstić information content (AvgIpc) is 3.23. The lowest BCUT2D eigenvalue weighted by molar-refractivity contribution is -0.123. The van der Waals surface area contributed by atoms with Gasteiger partial charge in [0.15, 0.2) is 12.3 Å². The largest absolute Gasteiger partial charge is 0.484 e. The van der Waals surface area contributed by atoms with Crippen molar-refractivity contribution in [2.45, 2.75) is 39.8 Å². The minimum Gasteiger partial charge on any atom is -0.484 e. The van der Waals surface area contributed by atoms with E-state index in [1.54, 1.807) is 15.6 Å². The second kappa shape index (κ2) is 10.3. The van der Waals surface area contributed by atoms with Gasteiger partial charge in [-0.05, 0) is 36.1 Å². The van der Waals surface area contributed by atoms with Crippen LogP contribution in [0.3, 0.4) is 0 Å². The summed E-state index contributed by atoms with van der Waals surface area (Å²) in [7, 11) is 0. The van der Waals surface area contributed by atoms with E-state index in [-0.39, 0.29) is 18.1 Å². The molecule has 0 bridgehead atoms.